The molecule has 3 aromatic carbocycles. The SMILES string of the molecule is O=C(CCc1ccc(Cl)cc1Cl)Nc1cccc2ccccc12. The molecule has 3 aromatic rings. The number of fused-ring (bicyclic) bond motifs is 1. The predicted molar refractivity (Wildman–Crippen MR) is 97.4 cm³/mol. The van der Waals surface area contributed by atoms with E-state index in [1.807, 2.05) is 48.5 Å². The first kappa shape index (κ1) is 15.9. The van der Waals surface area contributed by atoms with Crippen molar-refractivity contribution in [1.29, 1.82) is 0 Å². The molecule has 1 amide bonds. The lowest BCUT2D eigenvalue weighted by molar-refractivity contribution is -0.116. The molecule has 0 bridgehead atoms. The van der Waals surface area contributed by atoms with Gasteiger partial charge in [0.1, 0.15) is 0 Å². The van der Waals surface area contributed by atoms with Gasteiger partial charge in [0, 0.05) is 27.5 Å². The maximum Gasteiger partial charge on any atom is 0.224 e. The molecule has 1 N–H and O–H groups in total. The van der Waals surface area contributed by atoms with Crippen LogP contribution in [0, 0.1) is 0 Å². The van der Waals surface area contributed by atoms with Crippen LogP contribution in [0.2, 0.25) is 10.0 Å². The summed E-state index contributed by atoms with van der Waals surface area (Å²) in [7, 11) is 0. The van der Waals surface area contributed by atoms with Crippen molar-refractivity contribution in [2.75, 3.05) is 5.32 Å². The number of halogens is 2. The Kier molecular flexibility index (Phi) is 4.85. The van der Waals surface area contributed by atoms with E-state index in [2.05, 4.69) is 5.32 Å². The summed E-state index contributed by atoms with van der Waals surface area (Å²) in [6, 6.07) is 19.2. The Bertz CT molecular complexity index is 856. The highest BCUT2D eigenvalue weighted by Crippen LogP contribution is 2.24. The summed E-state index contributed by atoms with van der Waals surface area (Å²) in [5.74, 6) is -0.0348. The lowest BCUT2D eigenvalue weighted by Crippen LogP contribution is -2.12. The summed E-state index contributed by atoms with van der Waals surface area (Å²) >= 11 is 12.0. The highest BCUT2D eigenvalue weighted by atomic mass is 35.5. The van der Waals surface area contributed by atoms with Crippen LogP contribution in [0.5, 0.6) is 0 Å². The Labute approximate surface area is 145 Å². The maximum absolute atomic E-state index is 12.2. The minimum Gasteiger partial charge on any atom is -0.326 e. The normalized spacial score (nSPS) is 10.7. The van der Waals surface area contributed by atoms with Crippen LogP contribution in [0.25, 0.3) is 10.8 Å². The van der Waals surface area contributed by atoms with Gasteiger partial charge >= 0.3 is 0 Å². The van der Waals surface area contributed by atoms with Crippen molar-refractivity contribution in [2.24, 2.45) is 0 Å². The van der Waals surface area contributed by atoms with Crippen LogP contribution in [-0.2, 0) is 11.2 Å². The van der Waals surface area contributed by atoms with Gasteiger partial charge in [0.05, 0.1) is 0 Å². The zero-order chi connectivity index (χ0) is 16.2. The molecule has 0 aliphatic heterocycles. The summed E-state index contributed by atoms with van der Waals surface area (Å²) in [6.45, 7) is 0. The Balaban J connectivity index is 1.69. The van der Waals surface area contributed by atoms with Crippen LogP contribution in [-0.4, -0.2) is 5.91 Å². The van der Waals surface area contributed by atoms with E-state index in [0.717, 1.165) is 22.0 Å². The Morgan fingerprint density at radius 3 is 2.57 bits per heavy atom. The van der Waals surface area contributed by atoms with Gasteiger partial charge in [-0.15, -0.1) is 0 Å². The van der Waals surface area contributed by atoms with Crippen molar-refractivity contribution in [3.05, 3.63) is 76.3 Å². The van der Waals surface area contributed by atoms with Gasteiger partial charge in [-0.1, -0.05) is 65.7 Å². The molecule has 0 fully saturated rings. The number of rotatable bonds is 4. The third-order valence-corrected chi connectivity index (χ3v) is 4.29. The van der Waals surface area contributed by atoms with E-state index >= 15 is 0 Å². The van der Waals surface area contributed by atoms with Crippen LogP contribution in [0.1, 0.15) is 12.0 Å². The molecular weight excluding hydrogens is 329 g/mol. The topological polar surface area (TPSA) is 29.1 Å². The lowest BCUT2D eigenvalue weighted by atomic mass is 10.1. The largest absolute Gasteiger partial charge is 0.326 e. The van der Waals surface area contributed by atoms with Gasteiger partial charge < -0.3 is 5.32 Å². The second-order valence-electron chi connectivity index (χ2n) is 5.31. The molecule has 23 heavy (non-hydrogen) atoms. The zero-order valence-corrected chi connectivity index (χ0v) is 13.9. The van der Waals surface area contributed by atoms with E-state index in [-0.39, 0.29) is 5.91 Å². The first-order valence-electron chi connectivity index (χ1n) is 7.35. The van der Waals surface area contributed by atoms with E-state index < -0.39 is 0 Å². The standard InChI is InChI=1S/C19H15Cl2NO/c20-15-10-8-14(17(21)12-15)9-11-19(23)22-18-7-3-5-13-4-1-2-6-16(13)18/h1-8,10,12H,9,11H2,(H,22,23). The van der Waals surface area contributed by atoms with Gasteiger partial charge in [-0.3, -0.25) is 4.79 Å². The quantitative estimate of drug-likeness (QED) is 0.644. The van der Waals surface area contributed by atoms with Gasteiger partial charge in [0.15, 0.2) is 0 Å². The second kappa shape index (κ2) is 7.03. The molecule has 0 atom stereocenters. The van der Waals surface area contributed by atoms with Crippen molar-refractivity contribution < 1.29 is 4.79 Å². The monoisotopic (exact) mass is 343 g/mol. The van der Waals surface area contributed by atoms with E-state index in [9.17, 15) is 4.79 Å². The molecule has 0 aliphatic carbocycles. The maximum atomic E-state index is 12.2. The molecule has 0 heterocycles. The Morgan fingerprint density at radius 2 is 1.74 bits per heavy atom. The predicted octanol–water partition coefficient (Wildman–Crippen LogP) is 5.72. The summed E-state index contributed by atoms with van der Waals surface area (Å²) in [5.41, 5.74) is 1.75. The summed E-state index contributed by atoms with van der Waals surface area (Å²) < 4.78 is 0. The van der Waals surface area contributed by atoms with Gasteiger partial charge in [-0.2, -0.15) is 0 Å². The Hall–Kier alpha value is -2.03. The lowest BCUT2D eigenvalue weighted by Gasteiger charge is -2.09. The van der Waals surface area contributed by atoms with Crippen LogP contribution in [0.3, 0.4) is 0 Å². The molecular formula is C19H15Cl2NO. The number of nitrogens with one attached hydrogen (secondary N) is 1. The summed E-state index contributed by atoms with van der Waals surface area (Å²) in [6.07, 6.45) is 0.942. The fourth-order valence-electron chi connectivity index (χ4n) is 2.52. The number of amides is 1. The molecule has 3 rings (SSSR count). The average molecular weight is 344 g/mol. The van der Waals surface area contributed by atoms with E-state index in [1.165, 1.54) is 0 Å². The smallest absolute Gasteiger partial charge is 0.224 e. The molecule has 0 saturated heterocycles. The third kappa shape index (κ3) is 3.84. The highest BCUT2D eigenvalue weighted by molar-refractivity contribution is 6.35. The molecule has 116 valence electrons. The van der Waals surface area contributed by atoms with Crippen molar-refractivity contribution in [3.63, 3.8) is 0 Å². The molecule has 0 aromatic heterocycles. The van der Waals surface area contributed by atoms with Gasteiger partial charge in [-0.05, 0) is 35.6 Å². The summed E-state index contributed by atoms with van der Waals surface area (Å²) in [4.78, 5) is 12.2. The summed E-state index contributed by atoms with van der Waals surface area (Å²) in [5, 5.41) is 6.31. The zero-order valence-electron chi connectivity index (χ0n) is 12.4. The minimum atomic E-state index is -0.0348. The fourth-order valence-corrected chi connectivity index (χ4v) is 3.02. The Morgan fingerprint density at radius 1 is 0.957 bits per heavy atom. The minimum absolute atomic E-state index is 0.0348. The third-order valence-electron chi connectivity index (χ3n) is 3.70. The average Bonchev–Trinajstić information content (AvgIpc) is 2.54. The number of carbonyl (C=O) groups excluding carboxylic acids is 1. The number of carbonyl (C=O) groups is 1. The second-order valence-corrected chi connectivity index (χ2v) is 6.15. The first-order valence-corrected chi connectivity index (χ1v) is 8.10. The van der Waals surface area contributed by atoms with Crippen LogP contribution in [0.4, 0.5) is 5.69 Å². The molecule has 0 spiro atoms. The van der Waals surface area contributed by atoms with E-state index in [4.69, 9.17) is 23.2 Å². The van der Waals surface area contributed by atoms with Crippen molar-refractivity contribution in [3.8, 4) is 0 Å². The molecule has 2 nitrogen and oxygen atoms in total. The molecule has 0 unspecified atom stereocenters. The van der Waals surface area contributed by atoms with Gasteiger partial charge in [0.2, 0.25) is 5.91 Å². The van der Waals surface area contributed by atoms with Crippen molar-refractivity contribution in [1.82, 2.24) is 0 Å². The number of benzene rings is 3. The van der Waals surface area contributed by atoms with Gasteiger partial charge in [-0.25, -0.2) is 0 Å². The highest BCUT2D eigenvalue weighted by Gasteiger charge is 2.08. The van der Waals surface area contributed by atoms with E-state index in [1.54, 1.807) is 12.1 Å². The van der Waals surface area contributed by atoms with Crippen LogP contribution < -0.4 is 5.32 Å². The fraction of sp³-hybridized carbons (Fsp3) is 0.105. The molecule has 0 saturated carbocycles. The number of hydrogen-bond donors (Lipinski definition) is 1. The number of anilines is 1. The first-order chi connectivity index (χ1) is 11.1. The molecule has 4 heteroatoms. The van der Waals surface area contributed by atoms with E-state index in [0.29, 0.717) is 22.9 Å². The van der Waals surface area contributed by atoms with Crippen molar-refractivity contribution in [2.45, 2.75) is 12.8 Å². The number of hydrogen-bond acceptors (Lipinski definition) is 1. The molecule has 0 radical (unpaired) electrons. The van der Waals surface area contributed by atoms with Crippen LogP contribution in [0.15, 0.2) is 60.7 Å². The van der Waals surface area contributed by atoms with Crippen molar-refractivity contribution >= 4 is 45.6 Å². The molecule has 0 aliphatic rings. The number of aryl methyl sites for hydroxylation is 1. The van der Waals surface area contributed by atoms with Crippen LogP contribution >= 0.6 is 23.2 Å². The van der Waals surface area contributed by atoms with Gasteiger partial charge in [0.25, 0.3) is 0 Å².